The van der Waals surface area contributed by atoms with Crippen molar-refractivity contribution in [3.63, 3.8) is 0 Å². The van der Waals surface area contributed by atoms with Crippen molar-refractivity contribution in [3.05, 3.63) is 30.3 Å². The molecule has 114 valence electrons. The highest BCUT2D eigenvalue weighted by molar-refractivity contribution is 7.87. The zero-order valence-electron chi connectivity index (χ0n) is 11.6. The monoisotopic (exact) mass is 312 g/mol. The first-order valence-corrected chi connectivity index (χ1v) is 7.68. The van der Waals surface area contributed by atoms with Gasteiger partial charge in [0.05, 0.1) is 18.0 Å². The number of hydrazone groups is 1. The Balaban J connectivity index is 2.46. The van der Waals surface area contributed by atoms with Gasteiger partial charge in [-0.3, -0.25) is 9.35 Å². The molecule has 2 atom stereocenters. The molecule has 0 radical (unpaired) electrons. The highest BCUT2D eigenvalue weighted by Crippen LogP contribution is 2.34. The molecule has 1 heterocycles. The average molecular weight is 312 g/mol. The molecule has 7 nitrogen and oxygen atoms in total. The Morgan fingerprint density at radius 3 is 2.38 bits per heavy atom. The van der Waals surface area contributed by atoms with E-state index in [1.54, 1.807) is 30.3 Å². The van der Waals surface area contributed by atoms with Gasteiger partial charge in [-0.1, -0.05) is 18.2 Å². The molecule has 0 aliphatic carbocycles. The van der Waals surface area contributed by atoms with Gasteiger partial charge in [0.1, 0.15) is 10.7 Å². The maximum absolute atomic E-state index is 12.5. The molecule has 1 aliphatic rings. The van der Waals surface area contributed by atoms with Crippen LogP contribution in [0.3, 0.4) is 0 Å². The molecular formula is C13H16N2O5S. The van der Waals surface area contributed by atoms with E-state index in [4.69, 9.17) is 0 Å². The highest BCUT2D eigenvalue weighted by Gasteiger charge is 2.54. The zero-order chi connectivity index (χ0) is 15.8. The summed E-state index contributed by atoms with van der Waals surface area (Å²) < 4.78 is 30.5. The standard InChI is InChI=1S/C13H16N2O5S/c1-9-11(13(2,8-16)21(18,19)20)12(17)15(14-9)10-6-4-3-5-7-10/h3-7,11,16H,8H2,1-2H3,(H,18,19,20). The first-order chi connectivity index (χ1) is 9.72. The van der Waals surface area contributed by atoms with Gasteiger partial charge in [-0.25, -0.2) is 5.01 Å². The molecule has 8 heteroatoms. The SMILES string of the molecule is CC1=NN(c2ccccc2)C(=O)C1C(C)(CO)S(=O)(=O)O. The smallest absolute Gasteiger partial charge is 0.273 e. The molecule has 1 aliphatic heterocycles. The van der Waals surface area contributed by atoms with Gasteiger partial charge in [-0.2, -0.15) is 13.5 Å². The molecule has 0 aromatic heterocycles. The van der Waals surface area contributed by atoms with Gasteiger partial charge in [0, 0.05) is 0 Å². The topological polar surface area (TPSA) is 107 Å². The lowest BCUT2D eigenvalue weighted by atomic mass is 9.89. The van der Waals surface area contributed by atoms with Crippen LogP contribution in [0.15, 0.2) is 35.4 Å². The summed E-state index contributed by atoms with van der Waals surface area (Å²) in [5, 5.41) is 14.6. The molecule has 1 aromatic rings. The number of amides is 1. The normalized spacial score (nSPS) is 22.1. The van der Waals surface area contributed by atoms with Crippen LogP contribution < -0.4 is 5.01 Å². The molecule has 2 N–H and O–H groups in total. The van der Waals surface area contributed by atoms with Gasteiger partial charge in [0.2, 0.25) is 0 Å². The van der Waals surface area contributed by atoms with Crippen molar-refractivity contribution in [1.82, 2.24) is 0 Å². The maximum Gasteiger partial charge on any atom is 0.273 e. The van der Waals surface area contributed by atoms with E-state index in [2.05, 4.69) is 5.10 Å². The molecular weight excluding hydrogens is 296 g/mol. The molecule has 0 saturated heterocycles. The van der Waals surface area contributed by atoms with Crippen LogP contribution in [-0.2, 0) is 14.9 Å². The molecule has 1 amide bonds. The largest absolute Gasteiger partial charge is 0.395 e. The minimum atomic E-state index is -4.65. The fourth-order valence-corrected chi connectivity index (χ4v) is 3.08. The van der Waals surface area contributed by atoms with Gasteiger partial charge in [-0.15, -0.1) is 0 Å². The van der Waals surface area contributed by atoms with E-state index >= 15 is 0 Å². The Labute approximate surface area is 122 Å². The summed E-state index contributed by atoms with van der Waals surface area (Å²) in [6.07, 6.45) is 0. The van der Waals surface area contributed by atoms with E-state index in [1.807, 2.05) is 0 Å². The highest BCUT2D eigenvalue weighted by atomic mass is 32.2. The van der Waals surface area contributed by atoms with E-state index < -0.39 is 33.3 Å². The summed E-state index contributed by atoms with van der Waals surface area (Å²) in [5.41, 5.74) is 0.706. The van der Waals surface area contributed by atoms with E-state index in [9.17, 15) is 22.9 Å². The quantitative estimate of drug-likeness (QED) is 0.794. The predicted octanol–water partition coefficient (Wildman–Crippen LogP) is 0.664. The second-order valence-electron chi connectivity index (χ2n) is 5.11. The van der Waals surface area contributed by atoms with Crippen molar-refractivity contribution in [2.24, 2.45) is 11.0 Å². The zero-order valence-corrected chi connectivity index (χ0v) is 12.4. The van der Waals surface area contributed by atoms with Crippen molar-refractivity contribution in [2.75, 3.05) is 11.6 Å². The molecule has 0 spiro atoms. The van der Waals surface area contributed by atoms with E-state index in [1.165, 1.54) is 6.92 Å². The van der Waals surface area contributed by atoms with Crippen LogP contribution in [0.25, 0.3) is 0 Å². The third-order valence-electron chi connectivity index (χ3n) is 3.65. The molecule has 2 unspecified atom stereocenters. The fraction of sp³-hybridized carbons (Fsp3) is 0.385. The first-order valence-electron chi connectivity index (χ1n) is 6.24. The Hall–Kier alpha value is -1.77. The Kier molecular flexibility index (Phi) is 3.87. The van der Waals surface area contributed by atoms with Crippen LogP contribution in [0.5, 0.6) is 0 Å². The number of nitrogens with zero attached hydrogens (tertiary/aromatic N) is 2. The second kappa shape index (κ2) is 5.21. The molecule has 0 bridgehead atoms. The molecule has 1 aromatic carbocycles. The van der Waals surface area contributed by atoms with Crippen molar-refractivity contribution in [1.29, 1.82) is 0 Å². The minimum absolute atomic E-state index is 0.220. The number of carbonyl (C=O) groups is 1. The van der Waals surface area contributed by atoms with Gasteiger partial charge in [-0.05, 0) is 26.0 Å². The molecule has 0 fully saturated rings. The number of para-hydroxylation sites is 1. The Morgan fingerprint density at radius 2 is 1.90 bits per heavy atom. The van der Waals surface area contributed by atoms with Crippen molar-refractivity contribution >= 4 is 27.4 Å². The number of aliphatic hydroxyl groups excluding tert-OH is 1. The summed E-state index contributed by atoms with van der Waals surface area (Å²) in [7, 11) is -4.65. The van der Waals surface area contributed by atoms with Crippen LogP contribution in [0.1, 0.15) is 13.8 Å². The molecule has 2 rings (SSSR count). The Morgan fingerprint density at radius 1 is 1.33 bits per heavy atom. The lowest BCUT2D eigenvalue weighted by Gasteiger charge is -2.29. The minimum Gasteiger partial charge on any atom is -0.395 e. The summed E-state index contributed by atoms with van der Waals surface area (Å²) in [4.78, 5) is 12.5. The lowest BCUT2D eigenvalue weighted by molar-refractivity contribution is -0.120. The van der Waals surface area contributed by atoms with Crippen LogP contribution in [0, 0.1) is 5.92 Å². The van der Waals surface area contributed by atoms with Crippen LogP contribution >= 0.6 is 0 Å². The summed E-state index contributed by atoms with van der Waals surface area (Å²) in [6, 6.07) is 8.51. The molecule has 21 heavy (non-hydrogen) atoms. The summed E-state index contributed by atoms with van der Waals surface area (Å²) in [6.45, 7) is 1.72. The third kappa shape index (κ3) is 2.45. The van der Waals surface area contributed by atoms with E-state index in [0.29, 0.717) is 5.69 Å². The van der Waals surface area contributed by atoms with Gasteiger partial charge >= 0.3 is 0 Å². The van der Waals surface area contributed by atoms with Crippen molar-refractivity contribution in [2.45, 2.75) is 18.6 Å². The first kappa shape index (κ1) is 15.6. The number of carbonyl (C=O) groups excluding carboxylic acids is 1. The Bertz CT molecular complexity index is 686. The van der Waals surface area contributed by atoms with Gasteiger partial charge < -0.3 is 5.11 Å². The molecule has 0 saturated carbocycles. The van der Waals surface area contributed by atoms with Crippen LogP contribution in [0.4, 0.5) is 5.69 Å². The van der Waals surface area contributed by atoms with Crippen molar-refractivity contribution in [3.8, 4) is 0 Å². The van der Waals surface area contributed by atoms with E-state index in [0.717, 1.165) is 11.9 Å². The predicted molar refractivity (Wildman–Crippen MR) is 77.6 cm³/mol. The third-order valence-corrected chi connectivity index (χ3v) is 5.19. The fourth-order valence-electron chi connectivity index (χ4n) is 2.34. The van der Waals surface area contributed by atoms with Crippen LogP contribution in [-0.4, -0.2) is 41.0 Å². The summed E-state index contributed by atoms with van der Waals surface area (Å²) in [5.74, 6) is -1.84. The second-order valence-corrected chi connectivity index (χ2v) is 6.99. The van der Waals surface area contributed by atoms with Gasteiger partial charge in [0.15, 0.2) is 0 Å². The maximum atomic E-state index is 12.5. The van der Waals surface area contributed by atoms with Crippen molar-refractivity contribution < 1.29 is 22.9 Å². The van der Waals surface area contributed by atoms with Gasteiger partial charge in [0.25, 0.3) is 16.0 Å². The number of benzene rings is 1. The van der Waals surface area contributed by atoms with E-state index in [-0.39, 0.29) is 5.71 Å². The number of hydrogen-bond acceptors (Lipinski definition) is 5. The van der Waals surface area contributed by atoms with Crippen LogP contribution in [0.2, 0.25) is 0 Å². The number of rotatable bonds is 4. The summed E-state index contributed by atoms with van der Waals surface area (Å²) >= 11 is 0. The average Bonchev–Trinajstić information content (AvgIpc) is 2.73. The number of aliphatic hydroxyl groups is 1. The number of hydrogen-bond donors (Lipinski definition) is 2. The number of anilines is 1. The lowest BCUT2D eigenvalue weighted by Crippen LogP contribution is -2.52.